The molecule has 0 radical (unpaired) electrons. The quantitative estimate of drug-likeness (QED) is 0.172. The number of rotatable bonds is 0. The van der Waals surface area contributed by atoms with E-state index >= 15 is 0 Å². The van der Waals surface area contributed by atoms with Crippen molar-refractivity contribution in [3.05, 3.63) is 0 Å². The van der Waals surface area contributed by atoms with Crippen LogP contribution in [0.5, 0.6) is 0 Å². The normalized spacial score (nSPS) is 6.44. The van der Waals surface area contributed by atoms with Crippen molar-refractivity contribution < 1.29 is 14.3 Å². The lowest BCUT2D eigenvalue weighted by molar-refractivity contribution is 0.164. The van der Waals surface area contributed by atoms with Crippen LogP contribution in [0.1, 0.15) is 0 Å². The van der Waals surface area contributed by atoms with Crippen LogP contribution in [0.25, 0.3) is 0 Å². The Hall–Kier alpha value is -1.34. The number of hydrazine groups is 1. The average molecular weight is 136 g/mol. The van der Waals surface area contributed by atoms with E-state index < -0.39 is 12.2 Å². The summed E-state index contributed by atoms with van der Waals surface area (Å²) >= 11 is 0. The molecule has 0 heterocycles. The Morgan fingerprint density at radius 1 is 1.00 bits per heavy atom. The fourth-order valence-electron chi connectivity index (χ4n) is 0.0991. The molecule has 8 N–H and O–H groups in total. The molecule has 2 amide bonds. The molecule has 0 spiro atoms. The Balaban J connectivity index is 0. The summed E-state index contributed by atoms with van der Waals surface area (Å²) in [5.74, 6) is 8.00. The van der Waals surface area contributed by atoms with Gasteiger partial charge >= 0.3 is 12.2 Å². The summed E-state index contributed by atoms with van der Waals surface area (Å²) in [6.45, 7) is 0. The van der Waals surface area contributed by atoms with Gasteiger partial charge in [-0.15, -0.1) is 0 Å². The summed E-state index contributed by atoms with van der Waals surface area (Å²) in [6, 6.07) is 0. The van der Waals surface area contributed by atoms with Crippen molar-refractivity contribution in [3.8, 4) is 0 Å². The van der Waals surface area contributed by atoms with Crippen molar-refractivity contribution in [3.63, 3.8) is 0 Å². The van der Waals surface area contributed by atoms with E-state index in [0.29, 0.717) is 0 Å². The third kappa shape index (κ3) is 20.4. The van der Waals surface area contributed by atoms with E-state index in [9.17, 15) is 9.59 Å². The van der Waals surface area contributed by atoms with Gasteiger partial charge in [-0.1, -0.05) is 0 Å². The lowest BCUT2D eigenvalue weighted by Gasteiger charge is -1.87. The van der Waals surface area contributed by atoms with Crippen molar-refractivity contribution in [1.82, 2.24) is 0 Å². The van der Waals surface area contributed by atoms with E-state index in [2.05, 4.69) is 27.9 Å². The lowest BCUT2D eigenvalue weighted by Crippen LogP contribution is -2.22. The van der Waals surface area contributed by atoms with Crippen molar-refractivity contribution >= 4 is 12.2 Å². The van der Waals surface area contributed by atoms with E-state index in [4.69, 9.17) is 0 Å². The highest BCUT2D eigenvalue weighted by atomic mass is 16.6. The number of hydrogen-bond acceptors (Lipinski definition) is 5. The molecular formula is C2H8N4O3. The highest BCUT2D eigenvalue weighted by molar-refractivity contribution is 5.81. The summed E-state index contributed by atoms with van der Waals surface area (Å²) in [4.78, 5) is 19.0. The Kier molecular flexibility index (Phi) is 7.85. The number of amides is 2. The van der Waals surface area contributed by atoms with Gasteiger partial charge in [-0.05, 0) is 0 Å². The summed E-state index contributed by atoms with van der Waals surface area (Å²) in [5, 5.41) is 0. The monoisotopic (exact) mass is 136 g/mol. The molecular weight excluding hydrogens is 128 g/mol. The summed E-state index contributed by atoms with van der Waals surface area (Å²) < 4.78 is 3.53. The Morgan fingerprint density at radius 3 is 1.22 bits per heavy atom. The minimum absolute atomic E-state index is 1.19. The first-order valence-corrected chi connectivity index (χ1v) is 1.73. The van der Waals surface area contributed by atoms with Gasteiger partial charge in [-0.2, -0.15) is 0 Å². The molecule has 9 heavy (non-hydrogen) atoms. The maximum absolute atomic E-state index is 9.51. The third-order valence-electron chi connectivity index (χ3n) is 0.201. The van der Waals surface area contributed by atoms with Crippen LogP contribution < -0.4 is 23.2 Å². The van der Waals surface area contributed by atoms with E-state index in [1.807, 2.05) is 0 Å². The SMILES string of the molecule is NC(=O)OC(N)=O.NN. The Morgan fingerprint density at radius 2 is 1.22 bits per heavy atom. The predicted octanol–water partition coefficient (Wildman–Crippen LogP) is -2.02. The highest BCUT2D eigenvalue weighted by Gasteiger charge is 1.95. The van der Waals surface area contributed by atoms with E-state index in [1.165, 1.54) is 0 Å². The smallest absolute Gasteiger partial charge is 0.360 e. The molecule has 0 fully saturated rings. The van der Waals surface area contributed by atoms with Gasteiger partial charge in [0.05, 0.1) is 0 Å². The number of ether oxygens (including phenoxy) is 1. The molecule has 0 aliphatic heterocycles. The molecule has 7 heteroatoms. The highest BCUT2D eigenvalue weighted by Crippen LogP contribution is 1.67. The molecule has 0 aliphatic rings. The largest absolute Gasteiger partial charge is 0.413 e. The predicted molar refractivity (Wildman–Crippen MR) is 28.6 cm³/mol. The molecule has 0 aliphatic carbocycles. The zero-order valence-electron chi connectivity index (χ0n) is 4.53. The van der Waals surface area contributed by atoms with Crippen LogP contribution in [0.2, 0.25) is 0 Å². The van der Waals surface area contributed by atoms with Crippen molar-refractivity contribution in [2.45, 2.75) is 0 Å². The molecule has 0 saturated carbocycles. The standard InChI is InChI=1S/C2H4N2O3.H4N2/c3-1(5)7-2(4)6;1-2/h(H2,3,5)(H2,4,6);1-2H2. The second kappa shape index (κ2) is 6.66. The minimum Gasteiger partial charge on any atom is -0.360 e. The Bertz CT molecular complexity index is 90.0. The fourth-order valence-corrected chi connectivity index (χ4v) is 0.0991. The first kappa shape index (κ1) is 10.6. The van der Waals surface area contributed by atoms with Crippen LogP contribution >= 0.6 is 0 Å². The second-order valence-corrected chi connectivity index (χ2v) is 0.740. The van der Waals surface area contributed by atoms with Gasteiger partial charge in [-0.25, -0.2) is 9.59 Å². The van der Waals surface area contributed by atoms with E-state index in [1.54, 1.807) is 0 Å². The van der Waals surface area contributed by atoms with E-state index in [-0.39, 0.29) is 0 Å². The van der Waals surface area contributed by atoms with Crippen molar-refractivity contribution in [2.24, 2.45) is 23.2 Å². The molecule has 7 nitrogen and oxygen atoms in total. The lowest BCUT2D eigenvalue weighted by atomic mass is 11.1. The number of nitrogens with two attached hydrogens (primary N) is 4. The number of carbonyl (C=O) groups excluding carboxylic acids is 2. The first-order chi connectivity index (χ1) is 4.13. The topological polar surface area (TPSA) is 147 Å². The molecule has 0 aromatic carbocycles. The zero-order chi connectivity index (χ0) is 7.86. The van der Waals surface area contributed by atoms with Crippen molar-refractivity contribution in [1.29, 1.82) is 0 Å². The number of primary amides is 2. The maximum atomic E-state index is 9.51. The van der Waals surface area contributed by atoms with Crippen molar-refractivity contribution in [2.75, 3.05) is 0 Å². The van der Waals surface area contributed by atoms with Crippen LogP contribution in [-0.4, -0.2) is 12.2 Å². The van der Waals surface area contributed by atoms with Gasteiger partial charge in [0.1, 0.15) is 0 Å². The van der Waals surface area contributed by atoms with Crippen LogP contribution in [0.4, 0.5) is 9.59 Å². The third-order valence-corrected chi connectivity index (χ3v) is 0.201. The number of hydrogen-bond donors (Lipinski definition) is 4. The molecule has 0 unspecified atom stereocenters. The van der Waals surface area contributed by atoms with Gasteiger partial charge in [-0.3, -0.25) is 11.7 Å². The van der Waals surface area contributed by atoms with Gasteiger partial charge in [0, 0.05) is 0 Å². The first-order valence-electron chi connectivity index (χ1n) is 1.73. The minimum atomic E-state index is -1.19. The van der Waals surface area contributed by atoms with Gasteiger partial charge < -0.3 is 16.2 Å². The number of carbonyl (C=O) groups is 2. The fraction of sp³-hybridized carbons (Fsp3) is 0. The molecule has 0 saturated heterocycles. The summed E-state index contributed by atoms with van der Waals surface area (Å²) in [5.41, 5.74) is 8.66. The second-order valence-electron chi connectivity index (χ2n) is 0.740. The van der Waals surface area contributed by atoms with Crippen LogP contribution in [0.3, 0.4) is 0 Å². The molecule has 0 bridgehead atoms. The van der Waals surface area contributed by atoms with E-state index in [0.717, 1.165) is 0 Å². The summed E-state index contributed by atoms with van der Waals surface area (Å²) in [6.07, 6.45) is -2.38. The van der Waals surface area contributed by atoms with Crippen LogP contribution in [0, 0.1) is 0 Å². The molecule has 0 rings (SSSR count). The maximum Gasteiger partial charge on any atom is 0.413 e. The zero-order valence-corrected chi connectivity index (χ0v) is 4.53. The molecule has 0 aromatic heterocycles. The van der Waals surface area contributed by atoms with Gasteiger partial charge in [0.25, 0.3) is 0 Å². The molecule has 54 valence electrons. The molecule has 0 aromatic rings. The van der Waals surface area contributed by atoms with Gasteiger partial charge in [0.15, 0.2) is 0 Å². The molecule has 0 atom stereocenters. The Labute approximate surface area is 50.9 Å². The average Bonchev–Trinajstić information content (AvgIpc) is 1.68. The summed E-state index contributed by atoms with van der Waals surface area (Å²) in [7, 11) is 0. The van der Waals surface area contributed by atoms with Crippen LogP contribution in [0.15, 0.2) is 0 Å². The van der Waals surface area contributed by atoms with Crippen LogP contribution in [-0.2, 0) is 4.74 Å². The van der Waals surface area contributed by atoms with Gasteiger partial charge in [0.2, 0.25) is 0 Å².